The smallest absolute Gasteiger partial charge is 0.0780 e. The van der Waals surface area contributed by atoms with Crippen molar-refractivity contribution in [3.05, 3.63) is 226 Å². The SMILES string of the molecule is Br.Br.Br.Br.Cc1ccc2c(c1)C(CCCCCC[N+](C)(C)C)(CCCCCC[N+](C)(C)C)c1cc(-c3ccc4c(c3)C(CCCCCC[N+](C)(C)C)(CCCCCC[N+](C)(C)C)c3cc(-c5ccc(-c6ccc7c(c6)C(CCCCCC[N+](C)(C)C)(CCCCCC[N+](C)(C)C)c6cc(-c8ccc9c(c8)C(CCCCCC[N+](C)(C)C)(CCCCCC[N+](C)(C)C)c8ccccc8-9)ccc6-7)cc5)ccc3-4)ccc1-2.[Br-].[Br-].[Br-].[Br-]. The number of fused-ring (bicyclic) bond motifs is 12. The first-order chi connectivity index (χ1) is 65.8. The Balaban J connectivity index is 0.00000475. The van der Waals surface area contributed by atoms with Gasteiger partial charge in [0, 0.05) is 21.7 Å². The number of aryl methyl sites for hydroxylation is 1. The lowest BCUT2D eigenvalue weighted by atomic mass is 9.69. The largest absolute Gasteiger partial charge is 1.00 e. The molecule has 0 saturated carbocycles. The quantitative estimate of drug-likeness (QED) is 0.0263. The lowest BCUT2D eigenvalue weighted by Crippen LogP contribution is -3.00. The Hall–Kier alpha value is -3.50. The van der Waals surface area contributed by atoms with Crippen LogP contribution in [0.3, 0.4) is 0 Å². The topological polar surface area (TPSA) is 0 Å². The van der Waals surface area contributed by atoms with Gasteiger partial charge in [0.15, 0.2) is 0 Å². The molecule has 9 aromatic rings. The average molecular weight is 2530 g/mol. The van der Waals surface area contributed by atoms with Crippen molar-refractivity contribution in [2.75, 3.05) is 222 Å². The summed E-state index contributed by atoms with van der Waals surface area (Å²) >= 11 is 0. The molecule has 4 aliphatic carbocycles. The van der Waals surface area contributed by atoms with E-state index in [2.05, 4.69) is 352 Å². The predicted octanol–water partition coefficient (Wildman–Crippen LogP) is 21.3. The molecule has 0 aromatic heterocycles. The molecule has 0 spiro atoms. The number of benzene rings is 9. The maximum Gasteiger partial charge on any atom is 0.0780 e. The summed E-state index contributed by atoms with van der Waals surface area (Å²) in [6.45, 7) is 12.2. The van der Waals surface area contributed by atoms with Gasteiger partial charge in [-0.15, -0.1) is 67.9 Å². The van der Waals surface area contributed by atoms with Crippen LogP contribution in [0, 0.1) is 6.92 Å². The number of rotatable bonds is 60. The van der Waals surface area contributed by atoms with Crippen molar-refractivity contribution >= 4 is 67.9 Å². The Morgan fingerprint density at radius 3 is 0.483 bits per heavy atom. The number of quaternary nitrogens is 8. The molecule has 0 radical (unpaired) electrons. The molecule has 0 heterocycles. The summed E-state index contributed by atoms with van der Waals surface area (Å²) in [5.74, 6) is 0. The minimum atomic E-state index is -0.120. The molecule has 4 aliphatic rings. The van der Waals surface area contributed by atoms with Crippen LogP contribution in [0.4, 0.5) is 0 Å². The molecule has 0 aliphatic heterocycles. The van der Waals surface area contributed by atoms with Crippen molar-refractivity contribution in [1.29, 1.82) is 0 Å². The highest BCUT2D eigenvalue weighted by molar-refractivity contribution is 8.93. The van der Waals surface area contributed by atoms with Crippen molar-refractivity contribution in [3.8, 4) is 89.0 Å². The van der Waals surface area contributed by atoms with E-state index in [1.165, 1.54) is 404 Å². The average Bonchev–Trinajstić information content (AvgIpc) is 1.56. The van der Waals surface area contributed by atoms with Gasteiger partial charge in [-0.1, -0.05) is 248 Å². The molecule has 8 nitrogen and oxygen atoms in total. The van der Waals surface area contributed by atoms with Gasteiger partial charge in [-0.05, 0) is 331 Å². The van der Waals surface area contributed by atoms with Gasteiger partial charge in [0.1, 0.15) is 0 Å². The Kier molecular flexibility index (Phi) is 53.5. The fourth-order valence-corrected chi connectivity index (χ4v) is 25.6. The lowest BCUT2D eigenvalue weighted by molar-refractivity contribution is -0.870. The van der Waals surface area contributed by atoms with Crippen molar-refractivity contribution < 1.29 is 104 Å². The summed E-state index contributed by atoms with van der Waals surface area (Å²) in [5.41, 5.74) is 36.6. The zero-order valence-electron chi connectivity index (χ0n) is 96.9. The van der Waals surface area contributed by atoms with Crippen LogP contribution in [0.1, 0.15) is 307 Å². The van der Waals surface area contributed by atoms with Gasteiger partial charge in [-0.3, -0.25) is 0 Å². The van der Waals surface area contributed by atoms with E-state index in [-0.39, 0.29) is 158 Å². The molecule has 0 N–H and O–H groups in total. The third-order valence-electron chi connectivity index (χ3n) is 33.2. The Morgan fingerprint density at radius 1 is 0.150 bits per heavy atom. The van der Waals surface area contributed by atoms with Gasteiger partial charge in [0.05, 0.1) is 222 Å². The number of halogens is 8. The van der Waals surface area contributed by atoms with Crippen LogP contribution >= 0.6 is 67.9 Å². The molecule has 9 aromatic carbocycles. The summed E-state index contributed by atoms with van der Waals surface area (Å²) in [7, 11) is 56.8. The van der Waals surface area contributed by atoms with E-state index in [1.807, 2.05) is 0 Å². The fourth-order valence-electron chi connectivity index (χ4n) is 25.6. The molecule has 13 rings (SSSR count). The zero-order valence-corrected chi connectivity index (χ0v) is 110. The van der Waals surface area contributed by atoms with E-state index in [9.17, 15) is 0 Å². The van der Waals surface area contributed by atoms with Crippen molar-refractivity contribution in [2.45, 2.75) is 285 Å². The third-order valence-corrected chi connectivity index (χ3v) is 33.2. The second kappa shape index (κ2) is 58.7. The molecule has 820 valence electrons. The molecule has 0 unspecified atom stereocenters. The van der Waals surface area contributed by atoms with Crippen LogP contribution in [0.5, 0.6) is 0 Å². The van der Waals surface area contributed by atoms with Gasteiger partial charge in [-0.25, -0.2) is 0 Å². The van der Waals surface area contributed by atoms with Crippen molar-refractivity contribution in [1.82, 2.24) is 0 Å². The first kappa shape index (κ1) is 134. The molecular formula is C131H204Br8N8+4. The van der Waals surface area contributed by atoms with Crippen LogP contribution in [-0.4, -0.2) is 257 Å². The highest BCUT2D eigenvalue weighted by atomic mass is 79.9. The van der Waals surface area contributed by atoms with Crippen molar-refractivity contribution in [2.24, 2.45) is 0 Å². The molecule has 147 heavy (non-hydrogen) atoms. The van der Waals surface area contributed by atoms with Crippen LogP contribution in [0.15, 0.2) is 176 Å². The first-order valence-electron chi connectivity index (χ1n) is 56.4. The monoisotopic (exact) mass is 2520 g/mol. The Morgan fingerprint density at radius 2 is 0.293 bits per heavy atom. The fraction of sp³-hybridized carbons (Fsp3) is 0.588. The van der Waals surface area contributed by atoms with Crippen LogP contribution in [-0.2, 0) is 21.7 Å². The maximum absolute atomic E-state index is 2.77. The summed E-state index contributed by atoms with van der Waals surface area (Å²) in [6.07, 6.45) is 50.4. The highest BCUT2D eigenvalue weighted by Crippen LogP contribution is 2.62. The summed E-state index contributed by atoms with van der Waals surface area (Å²) in [4.78, 5) is 0. The maximum atomic E-state index is 2.77. The zero-order chi connectivity index (χ0) is 99.9. The predicted molar refractivity (Wildman–Crippen MR) is 647 cm³/mol. The Labute approximate surface area is 984 Å². The van der Waals surface area contributed by atoms with Gasteiger partial charge in [0.25, 0.3) is 0 Å². The summed E-state index contributed by atoms with van der Waals surface area (Å²) in [5, 5.41) is 0. The molecule has 0 bridgehead atoms. The number of nitrogens with zero attached hydrogens (tertiary/aromatic N) is 8. The number of unbranched alkanes of at least 4 members (excludes halogenated alkanes) is 24. The third kappa shape index (κ3) is 36.8. The van der Waals surface area contributed by atoms with Gasteiger partial charge < -0.3 is 104 Å². The van der Waals surface area contributed by atoms with E-state index in [1.54, 1.807) is 44.5 Å². The van der Waals surface area contributed by atoms with E-state index in [4.69, 9.17) is 0 Å². The first-order valence-corrected chi connectivity index (χ1v) is 56.4. The second-order valence-electron chi connectivity index (χ2n) is 53.5. The molecule has 0 atom stereocenters. The lowest BCUT2D eigenvalue weighted by Gasteiger charge is -2.34. The Bertz CT molecular complexity index is 5380. The number of hydrogen-bond acceptors (Lipinski definition) is 0. The second-order valence-corrected chi connectivity index (χ2v) is 53.5. The minimum absolute atomic E-state index is 0. The molecule has 0 amide bonds. The van der Waals surface area contributed by atoms with Crippen LogP contribution in [0.2, 0.25) is 0 Å². The molecule has 0 saturated heterocycles. The van der Waals surface area contributed by atoms with Crippen molar-refractivity contribution in [3.63, 3.8) is 0 Å². The molecular weight excluding hydrogens is 2320 g/mol. The minimum Gasteiger partial charge on any atom is -1.00 e. The molecule has 16 heteroatoms. The summed E-state index contributed by atoms with van der Waals surface area (Å²) in [6, 6.07) is 74.4. The number of hydrogen-bond donors (Lipinski definition) is 0. The molecule has 0 fully saturated rings. The summed E-state index contributed by atoms with van der Waals surface area (Å²) < 4.78 is 8.28. The van der Waals surface area contributed by atoms with Crippen LogP contribution in [0.25, 0.3) is 89.0 Å². The van der Waals surface area contributed by atoms with Gasteiger partial charge >= 0.3 is 0 Å². The normalized spacial score (nSPS) is 14.3. The van der Waals surface area contributed by atoms with Gasteiger partial charge in [-0.2, -0.15) is 0 Å². The van der Waals surface area contributed by atoms with Crippen LogP contribution < -0.4 is 67.9 Å². The van der Waals surface area contributed by atoms with E-state index < -0.39 is 0 Å². The van der Waals surface area contributed by atoms with Gasteiger partial charge in [0.2, 0.25) is 0 Å². The highest BCUT2D eigenvalue weighted by Gasteiger charge is 2.48. The standard InChI is InChI=1S/C131H200N8.8BrH/c1-103-62-73-113-115-77-70-109(100-125(115)129(121(113)96-103,82-46-28-36-54-90-134(8,9)10)83-47-29-37-55-91-135(11,12)13)111-72-79-119-117-75-68-107(98-124(117)131(127(119)102-111,86-50-32-40-58-94-138(20,21)22)87-51-33-41-59-95-139(23,24)25)105-65-63-104(64-66-105)106-67-74-116-118-78-71-110(101-126(118)130(123(116)97-106,84-48-30-38-56-92-136(14,15)16)85-49-31-39-57-93-137(17,18)19)108-69-76-114-112-60-42-43-61-120(112)128(122(114)99-108,80-44-26-34-52-88-132(2,3)4)81-45-27-35-53-89-133(5,6)7;;;;;;;;/h42-43,60-79,96-102H,26-41,44-59,80-95H2,1-25H3;8*1H/q+8;;;;;;;;/p-4. The van der Waals surface area contributed by atoms with E-state index in [0.717, 1.165) is 35.9 Å². The van der Waals surface area contributed by atoms with E-state index in [0.29, 0.717) is 0 Å². The van der Waals surface area contributed by atoms with E-state index >= 15 is 0 Å².